The normalized spacial score (nSPS) is 16.2. The minimum Gasteiger partial charge on any atom is -0.496 e. The van der Waals surface area contributed by atoms with E-state index in [0.717, 1.165) is 12.0 Å². The number of carboxylic acids is 1. The first kappa shape index (κ1) is 13.4. The van der Waals surface area contributed by atoms with Crippen LogP contribution < -0.4 is 10.1 Å². The van der Waals surface area contributed by atoms with Gasteiger partial charge in [0, 0.05) is 12.1 Å². The van der Waals surface area contributed by atoms with Gasteiger partial charge in [0.1, 0.15) is 11.3 Å². The quantitative estimate of drug-likeness (QED) is 0.841. The molecule has 0 atom stereocenters. The highest BCUT2D eigenvalue weighted by molar-refractivity contribution is 5.80. The third-order valence-corrected chi connectivity index (χ3v) is 3.64. The van der Waals surface area contributed by atoms with Crippen molar-refractivity contribution < 1.29 is 14.6 Å². The summed E-state index contributed by atoms with van der Waals surface area (Å²) in [5, 5.41) is 21.2. The molecule has 1 saturated carbocycles. The fourth-order valence-corrected chi connectivity index (χ4v) is 2.25. The van der Waals surface area contributed by atoms with Crippen molar-refractivity contribution in [3.63, 3.8) is 0 Å². The second-order valence-corrected chi connectivity index (χ2v) is 4.73. The maximum absolute atomic E-state index is 11.3. The fourth-order valence-electron chi connectivity index (χ4n) is 2.25. The molecular formula is C14H16N2O3. The predicted molar refractivity (Wildman–Crippen MR) is 68.8 cm³/mol. The molecule has 0 saturated heterocycles. The van der Waals surface area contributed by atoms with E-state index >= 15 is 0 Å². The Hall–Kier alpha value is -2.06. The fraction of sp³-hybridized carbons (Fsp3) is 0.429. The first-order chi connectivity index (χ1) is 9.11. The van der Waals surface area contributed by atoms with E-state index in [0.29, 0.717) is 30.7 Å². The van der Waals surface area contributed by atoms with Crippen LogP contribution >= 0.6 is 0 Å². The average Bonchev–Trinajstić information content (AvgIpc) is 2.36. The molecule has 2 rings (SSSR count). The van der Waals surface area contributed by atoms with Crippen molar-refractivity contribution in [1.29, 1.82) is 5.26 Å². The molecule has 0 aliphatic heterocycles. The molecule has 0 aromatic heterocycles. The highest BCUT2D eigenvalue weighted by Gasteiger charge is 2.43. The minimum atomic E-state index is -0.812. The molecule has 0 bridgehead atoms. The number of nitrogens with one attached hydrogen (secondary N) is 1. The zero-order chi connectivity index (χ0) is 13.9. The van der Waals surface area contributed by atoms with Crippen LogP contribution in [0.15, 0.2) is 18.2 Å². The van der Waals surface area contributed by atoms with Gasteiger partial charge < -0.3 is 9.84 Å². The molecule has 0 heterocycles. The Morgan fingerprint density at radius 1 is 1.58 bits per heavy atom. The van der Waals surface area contributed by atoms with Crippen LogP contribution in [0.1, 0.15) is 30.4 Å². The van der Waals surface area contributed by atoms with Crippen molar-refractivity contribution in [2.45, 2.75) is 31.3 Å². The summed E-state index contributed by atoms with van der Waals surface area (Å²) in [6.45, 7) is 0.380. The van der Waals surface area contributed by atoms with Gasteiger partial charge in [-0.3, -0.25) is 10.1 Å². The zero-order valence-electron chi connectivity index (χ0n) is 10.8. The van der Waals surface area contributed by atoms with Gasteiger partial charge in [0.05, 0.1) is 18.7 Å². The molecule has 2 N–H and O–H groups in total. The van der Waals surface area contributed by atoms with E-state index in [9.17, 15) is 9.90 Å². The van der Waals surface area contributed by atoms with Crippen molar-refractivity contribution in [3.8, 4) is 11.8 Å². The predicted octanol–water partition coefficient (Wildman–Crippen LogP) is 1.66. The number of aliphatic carboxylic acids is 1. The van der Waals surface area contributed by atoms with Crippen LogP contribution in [0.5, 0.6) is 5.75 Å². The molecule has 1 aromatic carbocycles. The van der Waals surface area contributed by atoms with Gasteiger partial charge in [0.25, 0.3) is 0 Å². The van der Waals surface area contributed by atoms with E-state index in [1.807, 2.05) is 0 Å². The molecule has 0 unspecified atom stereocenters. The van der Waals surface area contributed by atoms with Gasteiger partial charge in [-0.1, -0.05) is 0 Å². The number of carbonyl (C=O) groups is 1. The summed E-state index contributed by atoms with van der Waals surface area (Å²) in [5.74, 6) is -0.152. The Bertz CT molecular complexity index is 530. The van der Waals surface area contributed by atoms with Crippen molar-refractivity contribution in [2.24, 2.45) is 0 Å². The monoisotopic (exact) mass is 260 g/mol. The highest BCUT2D eigenvalue weighted by atomic mass is 16.5. The van der Waals surface area contributed by atoms with Crippen LogP contribution in [0, 0.1) is 11.3 Å². The molecule has 0 radical (unpaired) electrons. The number of hydrogen-bond donors (Lipinski definition) is 2. The number of methoxy groups -OCH3 is 1. The number of rotatable bonds is 5. The first-order valence-electron chi connectivity index (χ1n) is 6.17. The summed E-state index contributed by atoms with van der Waals surface area (Å²) >= 11 is 0. The number of nitrogens with zero attached hydrogens (tertiary/aromatic N) is 1. The van der Waals surface area contributed by atoms with Crippen LogP contribution in [0.3, 0.4) is 0 Å². The largest absolute Gasteiger partial charge is 0.496 e. The van der Waals surface area contributed by atoms with Gasteiger partial charge in [-0.05, 0) is 37.5 Å². The van der Waals surface area contributed by atoms with E-state index in [-0.39, 0.29) is 0 Å². The maximum atomic E-state index is 11.3. The molecule has 1 aliphatic rings. The Morgan fingerprint density at radius 2 is 2.32 bits per heavy atom. The summed E-state index contributed by atoms with van der Waals surface area (Å²) in [7, 11) is 1.56. The van der Waals surface area contributed by atoms with E-state index in [4.69, 9.17) is 10.00 Å². The summed E-state index contributed by atoms with van der Waals surface area (Å²) < 4.78 is 5.23. The topological polar surface area (TPSA) is 82.3 Å². The molecule has 0 spiro atoms. The number of benzene rings is 1. The number of ether oxygens (including phenoxy) is 1. The zero-order valence-corrected chi connectivity index (χ0v) is 10.8. The molecule has 1 aliphatic carbocycles. The van der Waals surface area contributed by atoms with Crippen molar-refractivity contribution in [3.05, 3.63) is 29.3 Å². The number of nitriles is 1. The maximum Gasteiger partial charge on any atom is 0.323 e. The smallest absolute Gasteiger partial charge is 0.323 e. The lowest BCUT2D eigenvalue weighted by Gasteiger charge is -2.38. The van der Waals surface area contributed by atoms with Gasteiger partial charge in [-0.15, -0.1) is 0 Å². The molecule has 1 fully saturated rings. The van der Waals surface area contributed by atoms with Crippen molar-refractivity contribution in [2.75, 3.05) is 7.11 Å². The molecule has 5 nitrogen and oxygen atoms in total. The van der Waals surface area contributed by atoms with Gasteiger partial charge in [-0.25, -0.2) is 0 Å². The van der Waals surface area contributed by atoms with Crippen LogP contribution in [-0.4, -0.2) is 23.7 Å². The lowest BCUT2D eigenvalue weighted by molar-refractivity contribution is -0.148. The molecule has 1 aromatic rings. The minimum absolute atomic E-state index is 0.380. The number of carboxylic acid groups (broad SMARTS) is 1. The summed E-state index contributed by atoms with van der Waals surface area (Å²) in [6.07, 6.45) is 2.21. The second kappa shape index (κ2) is 5.29. The molecule has 19 heavy (non-hydrogen) atoms. The van der Waals surface area contributed by atoms with E-state index in [1.54, 1.807) is 25.3 Å². The van der Waals surface area contributed by atoms with Crippen molar-refractivity contribution in [1.82, 2.24) is 5.32 Å². The highest BCUT2D eigenvalue weighted by Crippen LogP contribution is 2.33. The van der Waals surface area contributed by atoms with E-state index < -0.39 is 11.5 Å². The molecule has 5 heteroatoms. The number of hydrogen-bond acceptors (Lipinski definition) is 4. The molecule has 0 amide bonds. The van der Waals surface area contributed by atoms with Crippen LogP contribution in [0.25, 0.3) is 0 Å². The lowest BCUT2D eigenvalue weighted by Crippen LogP contribution is -2.56. The van der Waals surface area contributed by atoms with Gasteiger partial charge >= 0.3 is 5.97 Å². The van der Waals surface area contributed by atoms with Crippen LogP contribution in [-0.2, 0) is 11.3 Å². The Labute approximate surface area is 111 Å². The summed E-state index contributed by atoms with van der Waals surface area (Å²) in [6, 6.07) is 7.19. The average molecular weight is 260 g/mol. The van der Waals surface area contributed by atoms with Gasteiger partial charge in [-0.2, -0.15) is 5.26 Å². The Kier molecular flexibility index (Phi) is 3.72. The van der Waals surface area contributed by atoms with E-state index in [2.05, 4.69) is 11.4 Å². The van der Waals surface area contributed by atoms with E-state index in [1.165, 1.54) is 0 Å². The Balaban J connectivity index is 2.14. The molecule has 100 valence electrons. The van der Waals surface area contributed by atoms with Crippen LogP contribution in [0.4, 0.5) is 0 Å². The second-order valence-electron chi connectivity index (χ2n) is 4.73. The summed E-state index contributed by atoms with van der Waals surface area (Å²) in [4.78, 5) is 11.3. The third-order valence-electron chi connectivity index (χ3n) is 3.64. The Morgan fingerprint density at radius 3 is 2.79 bits per heavy atom. The molecular weight excluding hydrogens is 244 g/mol. The first-order valence-corrected chi connectivity index (χ1v) is 6.17. The standard InChI is InChI=1S/C14H16N2O3/c1-19-12-4-3-10(8-15)7-11(12)9-16-14(13(17)18)5-2-6-14/h3-4,7,16H,2,5-6,9H2,1H3,(H,17,18). The summed E-state index contributed by atoms with van der Waals surface area (Å²) in [5.41, 5.74) is 0.526. The van der Waals surface area contributed by atoms with Crippen molar-refractivity contribution >= 4 is 5.97 Å². The van der Waals surface area contributed by atoms with Gasteiger partial charge in [0.15, 0.2) is 0 Å². The van der Waals surface area contributed by atoms with Crippen LogP contribution in [0.2, 0.25) is 0 Å². The van der Waals surface area contributed by atoms with Gasteiger partial charge in [0.2, 0.25) is 0 Å². The third kappa shape index (κ3) is 2.54. The SMILES string of the molecule is COc1ccc(C#N)cc1CNC1(C(=O)O)CCC1. The lowest BCUT2D eigenvalue weighted by atomic mass is 9.76.